The summed E-state index contributed by atoms with van der Waals surface area (Å²) in [4.78, 5) is 12.5. The van der Waals surface area contributed by atoms with E-state index >= 15 is 0 Å². The highest BCUT2D eigenvalue weighted by atomic mass is 16.5. The molecule has 31 heavy (non-hydrogen) atoms. The fourth-order valence-electron chi connectivity index (χ4n) is 4.25. The molecular formula is C28H43NO2. The number of unbranched alkanes of at least 4 members (excludes halogenated alkanes) is 7. The summed E-state index contributed by atoms with van der Waals surface area (Å²) in [5, 5.41) is 10.1. The summed E-state index contributed by atoms with van der Waals surface area (Å²) in [5.41, 5.74) is 5.98. The number of benzene rings is 1. The fraction of sp³-hybridized carbons (Fsp3) is 0.607. The molecule has 1 aromatic carbocycles. The van der Waals surface area contributed by atoms with Crippen LogP contribution in [0.1, 0.15) is 106 Å². The van der Waals surface area contributed by atoms with Gasteiger partial charge in [-0.3, -0.25) is 4.79 Å². The topological polar surface area (TPSA) is 42.2 Å². The molecule has 0 atom stereocenters. The lowest BCUT2D eigenvalue weighted by Gasteiger charge is -2.19. The largest absolute Gasteiger partial charge is 0.428 e. The molecule has 172 valence electrons. The minimum atomic E-state index is 0.105. The van der Waals surface area contributed by atoms with Crippen LogP contribution in [0.4, 0.5) is 0 Å². The Bertz CT molecular complexity index is 885. The molecule has 2 aromatic rings. The zero-order chi connectivity index (χ0) is 23.0. The molecule has 3 nitrogen and oxygen atoms in total. The van der Waals surface area contributed by atoms with Gasteiger partial charge in [0, 0.05) is 11.1 Å². The third kappa shape index (κ3) is 7.26. The predicted molar refractivity (Wildman–Crippen MR) is 132 cm³/mol. The highest BCUT2D eigenvalue weighted by Crippen LogP contribution is 2.23. The Morgan fingerprint density at radius 1 is 0.742 bits per heavy atom. The van der Waals surface area contributed by atoms with Gasteiger partial charge >= 0.3 is 0 Å². The second kappa shape index (κ2) is 11.5. The maximum Gasteiger partial charge on any atom is 0.188 e. The van der Waals surface area contributed by atoms with Crippen LogP contribution in [0.15, 0.2) is 29.1 Å². The number of rotatable bonds is 11. The molecule has 0 saturated heterocycles. The van der Waals surface area contributed by atoms with E-state index in [0.717, 1.165) is 24.8 Å². The van der Waals surface area contributed by atoms with Gasteiger partial charge in [-0.05, 0) is 63.0 Å². The van der Waals surface area contributed by atoms with Crippen LogP contribution < -0.4 is 5.43 Å². The molecule has 0 aliphatic rings. The Labute approximate surface area is 189 Å². The van der Waals surface area contributed by atoms with Crippen LogP contribution in [0.5, 0.6) is 0 Å². The number of pyridine rings is 1. The van der Waals surface area contributed by atoms with Crippen LogP contribution >= 0.6 is 0 Å². The van der Waals surface area contributed by atoms with Crippen LogP contribution in [0.2, 0.25) is 0 Å². The van der Waals surface area contributed by atoms with Crippen molar-refractivity contribution < 1.29 is 5.21 Å². The molecule has 0 spiro atoms. The van der Waals surface area contributed by atoms with Crippen molar-refractivity contribution >= 4 is 0 Å². The predicted octanol–water partition coefficient (Wildman–Crippen LogP) is 7.21. The third-order valence-corrected chi connectivity index (χ3v) is 6.69. The number of hydrogen-bond acceptors (Lipinski definition) is 2. The molecule has 1 aromatic heterocycles. The fourth-order valence-corrected chi connectivity index (χ4v) is 4.25. The molecular weight excluding hydrogens is 382 g/mol. The summed E-state index contributed by atoms with van der Waals surface area (Å²) in [6.07, 6.45) is 11.8. The highest BCUT2D eigenvalue weighted by molar-refractivity contribution is 5.30. The summed E-state index contributed by atoms with van der Waals surface area (Å²) in [6.45, 7) is 12.2. The van der Waals surface area contributed by atoms with Gasteiger partial charge < -0.3 is 5.21 Å². The van der Waals surface area contributed by atoms with E-state index in [-0.39, 0.29) is 10.8 Å². The Morgan fingerprint density at radius 2 is 1.23 bits per heavy atom. The van der Waals surface area contributed by atoms with Crippen molar-refractivity contribution in [1.29, 1.82) is 0 Å². The first-order chi connectivity index (χ1) is 14.6. The summed E-state index contributed by atoms with van der Waals surface area (Å²) >= 11 is 0. The van der Waals surface area contributed by atoms with E-state index < -0.39 is 0 Å². The zero-order valence-electron chi connectivity index (χ0n) is 20.7. The van der Waals surface area contributed by atoms with Crippen molar-refractivity contribution in [2.24, 2.45) is 0 Å². The van der Waals surface area contributed by atoms with Crippen LogP contribution in [0, 0.1) is 20.8 Å². The first kappa shape index (κ1) is 25.2. The van der Waals surface area contributed by atoms with Gasteiger partial charge in [0.15, 0.2) is 5.43 Å². The Balaban J connectivity index is 1.57. The van der Waals surface area contributed by atoms with Crippen molar-refractivity contribution in [3.05, 3.63) is 68.1 Å². The molecule has 0 unspecified atom stereocenters. The average Bonchev–Trinajstić information content (AvgIpc) is 2.74. The van der Waals surface area contributed by atoms with E-state index in [0.29, 0.717) is 17.0 Å². The molecule has 0 bridgehead atoms. The summed E-state index contributed by atoms with van der Waals surface area (Å²) in [7, 11) is 0. The molecule has 0 saturated carbocycles. The van der Waals surface area contributed by atoms with Crippen LogP contribution in [0.3, 0.4) is 0 Å². The molecule has 0 fully saturated rings. The monoisotopic (exact) mass is 425 g/mol. The molecule has 0 aliphatic carbocycles. The van der Waals surface area contributed by atoms with Crippen molar-refractivity contribution in [2.45, 2.75) is 111 Å². The van der Waals surface area contributed by atoms with Gasteiger partial charge in [-0.2, -0.15) is 4.73 Å². The molecule has 1 N–H and O–H groups in total. The first-order valence-corrected chi connectivity index (χ1v) is 12.1. The second-order valence-electron chi connectivity index (χ2n) is 10.2. The molecule has 3 heteroatoms. The van der Waals surface area contributed by atoms with E-state index in [1.165, 1.54) is 60.8 Å². The van der Waals surface area contributed by atoms with Crippen molar-refractivity contribution in [3.8, 4) is 0 Å². The molecule has 0 amide bonds. The van der Waals surface area contributed by atoms with E-state index in [4.69, 9.17) is 0 Å². The van der Waals surface area contributed by atoms with E-state index in [1.807, 2.05) is 6.92 Å². The van der Waals surface area contributed by atoms with Gasteiger partial charge in [0.2, 0.25) is 0 Å². The summed E-state index contributed by atoms with van der Waals surface area (Å²) in [5.74, 6) is 0. The number of nitrogens with zero attached hydrogens (tertiary/aromatic N) is 1. The van der Waals surface area contributed by atoms with Gasteiger partial charge in [-0.25, -0.2) is 0 Å². The van der Waals surface area contributed by atoms with E-state index in [2.05, 4.69) is 45.0 Å². The minimum absolute atomic E-state index is 0.105. The molecule has 0 aliphatic heterocycles. The van der Waals surface area contributed by atoms with Crippen LogP contribution in [0.25, 0.3) is 0 Å². The zero-order valence-corrected chi connectivity index (χ0v) is 20.7. The Morgan fingerprint density at radius 3 is 1.74 bits per heavy atom. The van der Waals surface area contributed by atoms with E-state index in [1.54, 1.807) is 13.8 Å². The standard InChI is InChI=1S/C28H43NO2/c1-21-22(2)29(31)23(3)26(27(21)30)16-14-12-10-8-7-9-11-13-15-24-17-19-25(20-18-24)28(4,5)6/h17-20,31H,7-16H2,1-6H3. The molecule has 0 radical (unpaired) electrons. The van der Waals surface area contributed by atoms with E-state index in [9.17, 15) is 10.0 Å². The lowest BCUT2D eigenvalue weighted by atomic mass is 9.86. The van der Waals surface area contributed by atoms with Crippen LogP contribution in [-0.2, 0) is 18.3 Å². The van der Waals surface area contributed by atoms with Gasteiger partial charge in [0.1, 0.15) is 0 Å². The molecule has 1 heterocycles. The number of aromatic nitrogens is 1. The first-order valence-electron chi connectivity index (χ1n) is 12.1. The summed E-state index contributed by atoms with van der Waals surface area (Å²) in [6, 6.07) is 9.15. The van der Waals surface area contributed by atoms with Gasteiger partial charge in [0.25, 0.3) is 0 Å². The Hall–Kier alpha value is -2.03. The lowest BCUT2D eigenvalue weighted by Crippen LogP contribution is -2.22. The smallest absolute Gasteiger partial charge is 0.188 e. The Kier molecular flexibility index (Phi) is 9.40. The van der Waals surface area contributed by atoms with Gasteiger partial charge in [-0.1, -0.05) is 83.6 Å². The van der Waals surface area contributed by atoms with Crippen molar-refractivity contribution in [1.82, 2.24) is 4.73 Å². The highest BCUT2D eigenvalue weighted by Gasteiger charge is 2.14. The average molecular weight is 426 g/mol. The number of aryl methyl sites for hydroxylation is 1. The SMILES string of the molecule is Cc1c(C)n(O)c(C)c(CCCCCCCCCCc2ccc(C(C)(C)C)cc2)c1=O. The molecule has 2 rings (SSSR count). The number of hydrogen-bond donors (Lipinski definition) is 1. The minimum Gasteiger partial charge on any atom is -0.428 e. The van der Waals surface area contributed by atoms with Gasteiger partial charge in [0.05, 0.1) is 11.4 Å². The second-order valence-corrected chi connectivity index (χ2v) is 10.2. The van der Waals surface area contributed by atoms with Crippen molar-refractivity contribution in [2.75, 3.05) is 0 Å². The maximum atomic E-state index is 12.5. The lowest BCUT2D eigenvalue weighted by molar-refractivity contribution is 0.169. The van der Waals surface area contributed by atoms with Crippen molar-refractivity contribution in [3.63, 3.8) is 0 Å². The summed E-state index contributed by atoms with van der Waals surface area (Å²) < 4.78 is 1.17. The quantitative estimate of drug-likeness (QED) is 0.305. The van der Waals surface area contributed by atoms with Crippen LogP contribution in [-0.4, -0.2) is 9.94 Å². The maximum absolute atomic E-state index is 12.5. The third-order valence-electron chi connectivity index (χ3n) is 6.69. The normalized spacial score (nSPS) is 11.8. The van der Waals surface area contributed by atoms with Gasteiger partial charge in [-0.15, -0.1) is 0 Å².